The van der Waals surface area contributed by atoms with Crippen LogP contribution >= 0.6 is 0 Å². The second-order valence-corrected chi connectivity index (χ2v) is 6.62. The Morgan fingerprint density at radius 1 is 1.12 bits per heavy atom. The van der Waals surface area contributed by atoms with Crippen LogP contribution in [0.5, 0.6) is 0 Å². The summed E-state index contributed by atoms with van der Waals surface area (Å²) in [7, 11) is 0. The first kappa shape index (κ1) is 15.6. The van der Waals surface area contributed by atoms with Crippen molar-refractivity contribution in [2.45, 2.75) is 33.1 Å². The average molecular weight is 331 g/mol. The summed E-state index contributed by atoms with van der Waals surface area (Å²) in [6, 6.07) is 14.2. The van der Waals surface area contributed by atoms with Crippen molar-refractivity contribution in [1.29, 1.82) is 0 Å². The second kappa shape index (κ2) is 6.20. The number of benzene rings is 2. The van der Waals surface area contributed by atoms with Crippen LogP contribution in [0.4, 0.5) is 17.1 Å². The monoisotopic (exact) mass is 331 g/mol. The van der Waals surface area contributed by atoms with Gasteiger partial charge in [-0.2, -0.15) is 0 Å². The number of carbonyl (C=O) groups excluding carboxylic acids is 1. The molecule has 1 aliphatic rings. The lowest BCUT2D eigenvalue weighted by Crippen LogP contribution is -2.07. The van der Waals surface area contributed by atoms with Crippen LogP contribution in [0.1, 0.15) is 30.2 Å². The Kier molecular flexibility index (Phi) is 3.88. The zero-order valence-electron chi connectivity index (χ0n) is 14.5. The number of aryl methyl sites for hydroxylation is 2. The van der Waals surface area contributed by atoms with E-state index in [9.17, 15) is 4.79 Å². The van der Waals surface area contributed by atoms with E-state index in [0.717, 1.165) is 52.8 Å². The molecule has 0 unspecified atom stereocenters. The number of anilines is 3. The van der Waals surface area contributed by atoms with Gasteiger partial charge >= 0.3 is 0 Å². The van der Waals surface area contributed by atoms with Crippen molar-refractivity contribution in [2.75, 3.05) is 10.6 Å². The van der Waals surface area contributed by atoms with Gasteiger partial charge < -0.3 is 10.6 Å². The van der Waals surface area contributed by atoms with Gasteiger partial charge in [-0.05, 0) is 55.5 Å². The number of pyridine rings is 1. The van der Waals surface area contributed by atoms with E-state index in [4.69, 9.17) is 4.98 Å². The van der Waals surface area contributed by atoms with Crippen LogP contribution in [-0.2, 0) is 17.6 Å². The van der Waals surface area contributed by atoms with E-state index in [0.29, 0.717) is 0 Å². The maximum atomic E-state index is 11.4. The van der Waals surface area contributed by atoms with E-state index in [2.05, 4.69) is 35.8 Å². The summed E-state index contributed by atoms with van der Waals surface area (Å²) >= 11 is 0. The van der Waals surface area contributed by atoms with Crippen molar-refractivity contribution in [1.82, 2.24) is 4.98 Å². The summed E-state index contributed by atoms with van der Waals surface area (Å²) in [5.74, 6) is -0.0648. The summed E-state index contributed by atoms with van der Waals surface area (Å²) in [5, 5.41) is 7.64. The molecule has 2 N–H and O–H groups in total. The van der Waals surface area contributed by atoms with Gasteiger partial charge in [0.2, 0.25) is 5.91 Å². The number of aromatic nitrogens is 1. The molecule has 0 aliphatic heterocycles. The van der Waals surface area contributed by atoms with E-state index in [1.165, 1.54) is 18.2 Å². The SMILES string of the molecule is CC(=O)Nc1ccc(C)c(Nc2c3c(nc4ccccc24)CCC3)c1. The third kappa shape index (κ3) is 2.95. The predicted octanol–water partition coefficient (Wildman–Crippen LogP) is 4.73. The molecule has 0 radical (unpaired) electrons. The molecule has 4 nitrogen and oxygen atoms in total. The number of rotatable bonds is 3. The largest absolute Gasteiger partial charge is 0.354 e. The predicted molar refractivity (Wildman–Crippen MR) is 103 cm³/mol. The Labute approximate surface area is 147 Å². The smallest absolute Gasteiger partial charge is 0.221 e. The highest BCUT2D eigenvalue weighted by Crippen LogP contribution is 2.36. The van der Waals surface area contributed by atoms with Crippen molar-refractivity contribution in [3.8, 4) is 0 Å². The minimum absolute atomic E-state index is 0.0648. The topological polar surface area (TPSA) is 54.0 Å². The standard InChI is InChI=1S/C21H21N3O/c1-13-10-11-15(22-14(2)25)12-20(13)24-21-16-6-3-4-8-18(16)23-19-9-5-7-17(19)21/h3-4,6,8,10-12H,5,7,9H2,1-2H3,(H,22,25)(H,23,24). The molecule has 1 aliphatic carbocycles. The Hall–Kier alpha value is -2.88. The molecule has 3 aromatic rings. The Morgan fingerprint density at radius 3 is 2.80 bits per heavy atom. The molecule has 0 saturated carbocycles. The number of fused-ring (bicyclic) bond motifs is 2. The number of hydrogen-bond acceptors (Lipinski definition) is 3. The average Bonchev–Trinajstić information content (AvgIpc) is 3.05. The summed E-state index contributed by atoms with van der Waals surface area (Å²) in [5.41, 5.74) is 7.66. The second-order valence-electron chi connectivity index (χ2n) is 6.62. The van der Waals surface area contributed by atoms with Gasteiger partial charge in [-0.3, -0.25) is 9.78 Å². The van der Waals surface area contributed by atoms with Crippen molar-refractivity contribution >= 4 is 33.9 Å². The zero-order chi connectivity index (χ0) is 17.4. The van der Waals surface area contributed by atoms with Gasteiger partial charge in [0, 0.05) is 29.4 Å². The van der Waals surface area contributed by atoms with Crippen molar-refractivity contribution < 1.29 is 4.79 Å². The third-order valence-corrected chi connectivity index (χ3v) is 4.74. The summed E-state index contributed by atoms with van der Waals surface area (Å²) < 4.78 is 0. The molecular weight excluding hydrogens is 310 g/mol. The van der Waals surface area contributed by atoms with Crippen LogP contribution < -0.4 is 10.6 Å². The molecule has 4 heteroatoms. The number of amides is 1. The molecule has 126 valence electrons. The van der Waals surface area contributed by atoms with Gasteiger partial charge in [0.05, 0.1) is 11.2 Å². The van der Waals surface area contributed by atoms with Gasteiger partial charge in [-0.1, -0.05) is 24.3 Å². The highest BCUT2D eigenvalue weighted by molar-refractivity contribution is 5.96. The van der Waals surface area contributed by atoms with Gasteiger partial charge in [-0.25, -0.2) is 0 Å². The quantitative estimate of drug-likeness (QED) is 0.729. The third-order valence-electron chi connectivity index (χ3n) is 4.74. The molecule has 0 fully saturated rings. The molecule has 1 heterocycles. The Bertz CT molecular complexity index is 978. The van der Waals surface area contributed by atoms with Crippen LogP contribution in [0.25, 0.3) is 10.9 Å². The van der Waals surface area contributed by atoms with Gasteiger partial charge in [-0.15, -0.1) is 0 Å². The Balaban J connectivity index is 1.82. The maximum Gasteiger partial charge on any atom is 0.221 e. The lowest BCUT2D eigenvalue weighted by Gasteiger charge is -2.17. The Morgan fingerprint density at radius 2 is 1.96 bits per heavy atom. The fourth-order valence-corrected chi connectivity index (χ4v) is 3.53. The normalized spacial score (nSPS) is 12.9. The fraction of sp³-hybridized carbons (Fsp3) is 0.238. The van der Waals surface area contributed by atoms with Gasteiger partial charge in [0.25, 0.3) is 0 Å². The molecule has 1 aromatic heterocycles. The summed E-state index contributed by atoms with van der Waals surface area (Å²) in [4.78, 5) is 16.2. The van der Waals surface area contributed by atoms with Crippen LogP contribution in [0.15, 0.2) is 42.5 Å². The molecule has 2 aromatic carbocycles. The van der Waals surface area contributed by atoms with Crippen LogP contribution in [0.3, 0.4) is 0 Å². The van der Waals surface area contributed by atoms with E-state index in [1.807, 2.05) is 24.3 Å². The number of nitrogens with zero attached hydrogens (tertiary/aromatic N) is 1. The lowest BCUT2D eigenvalue weighted by atomic mass is 10.1. The van der Waals surface area contributed by atoms with E-state index in [-0.39, 0.29) is 5.91 Å². The molecule has 0 bridgehead atoms. The zero-order valence-corrected chi connectivity index (χ0v) is 14.5. The van der Waals surface area contributed by atoms with Crippen molar-refractivity contribution in [3.05, 3.63) is 59.3 Å². The van der Waals surface area contributed by atoms with Crippen molar-refractivity contribution in [3.63, 3.8) is 0 Å². The first-order chi connectivity index (χ1) is 12.1. The van der Waals surface area contributed by atoms with Crippen LogP contribution in [0, 0.1) is 6.92 Å². The van der Waals surface area contributed by atoms with E-state index in [1.54, 1.807) is 0 Å². The number of nitrogens with one attached hydrogen (secondary N) is 2. The molecule has 25 heavy (non-hydrogen) atoms. The molecule has 0 saturated heterocycles. The highest BCUT2D eigenvalue weighted by Gasteiger charge is 2.20. The summed E-state index contributed by atoms with van der Waals surface area (Å²) in [6.45, 7) is 3.60. The van der Waals surface area contributed by atoms with Crippen molar-refractivity contribution in [2.24, 2.45) is 0 Å². The van der Waals surface area contributed by atoms with Crippen LogP contribution in [-0.4, -0.2) is 10.9 Å². The number of para-hydroxylation sites is 1. The summed E-state index contributed by atoms with van der Waals surface area (Å²) in [6.07, 6.45) is 3.25. The minimum Gasteiger partial charge on any atom is -0.354 e. The first-order valence-corrected chi connectivity index (χ1v) is 8.67. The molecule has 0 spiro atoms. The minimum atomic E-state index is -0.0648. The number of carbonyl (C=O) groups is 1. The van der Waals surface area contributed by atoms with E-state index >= 15 is 0 Å². The maximum absolute atomic E-state index is 11.4. The molecular formula is C21H21N3O. The number of hydrogen-bond donors (Lipinski definition) is 2. The molecule has 0 atom stereocenters. The van der Waals surface area contributed by atoms with Gasteiger partial charge in [0.15, 0.2) is 0 Å². The lowest BCUT2D eigenvalue weighted by molar-refractivity contribution is -0.114. The van der Waals surface area contributed by atoms with E-state index < -0.39 is 0 Å². The molecule has 1 amide bonds. The molecule has 4 rings (SSSR count). The highest BCUT2D eigenvalue weighted by atomic mass is 16.1. The fourth-order valence-electron chi connectivity index (χ4n) is 3.53. The van der Waals surface area contributed by atoms with Crippen LogP contribution in [0.2, 0.25) is 0 Å². The first-order valence-electron chi connectivity index (χ1n) is 8.67. The van der Waals surface area contributed by atoms with Gasteiger partial charge in [0.1, 0.15) is 0 Å².